The fourth-order valence-corrected chi connectivity index (χ4v) is 0.653. The normalized spacial score (nSPS) is 14.2. The predicted molar refractivity (Wildman–Crippen MR) is 49.5 cm³/mol. The summed E-state index contributed by atoms with van der Waals surface area (Å²) in [7, 11) is 0. The van der Waals surface area contributed by atoms with E-state index in [0.717, 1.165) is 12.0 Å². The van der Waals surface area contributed by atoms with Gasteiger partial charge in [-0.1, -0.05) is 27.0 Å². The van der Waals surface area contributed by atoms with Crippen molar-refractivity contribution in [3.63, 3.8) is 0 Å². The summed E-state index contributed by atoms with van der Waals surface area (Å²) in [6.45, 7) is 11.4. The molecule has 11 heavy (non-hydrogen) atoms. The van der Waals surface area contributed by atoms with Crippen LogP contribution in [-0.4, -0.2) is 5.11 Å². The second-order valence-electron chi connectivity index (χ2n) is 2.66. The minimum absolute atomic E-state index is 0.190. The molecule has 0 aromatic rings. The van der Waals surface area contributed by atoms with E-state index in [-0.39, 0.29) is 5.76 Å². The summed E-state index contributed by atoms with van der Waals surface area (Å²) in [6.07, 6.45) is 4.11. The van der Waals surface area contributed by atoms with Crippen molar-refractivity contribution in [1.29, 1.82) is 0 Å². The van der Waals surface area contributed by atoms with Crippen LogP contribution in [0.5, 0.6) is 0 Å². The number of allylic oxidation sites excluding steroid dienone is 3. The monoisotopic (exact) mass is 152 g/mol. The standard InChI is InChI=1S/C10H16O/c1-5-8(3)9(4)7-10(11)6-2/h6-8,11H,2,4-5H2,1,3H3/b10-7+. The first-order valence-corrected chi connectivity index (χ1v) is 3.83. The lowest BCUT2D eigenvalue weighted by molar-refractivity contribution is 0.431. The number of hydrogen-bond donors (Lipinski definition) is 1. The van der Waals surface area contributed by atoms with Gasteiger partial charge in [0.1, 0.15) is 5.76 Å². The van der Waals surface area contributed by atoms with E-state index in [9.17, 15) is 0 Å². The smallest absolute Gasteiger partial charge is 0.115 e. The van der Waals surface area contributed by atoms with Gasteiger partial charge in [-0.15, -0.1) is 0 Å². The van der Waals surface area contributed by atoms with E-state index in [1.807, 2.05) is 0 Å². The molecule has 0 radical (unpaired) electrons. The Morgan fingerprint density at radius 1 is 1.64 bits per heavy atom. The van der Waals surface area contributed by atoms with Crippen molar-refractivity contribution in [3.05, 3.63) is 36.6 Å². The Morgan fingerprint density at radius 3 is 2.55 bits per heavy atom. The van der Waals surface area contributed by atoms with Crippen LogP contribution in [0.15, 0.2) is 36.6 Å². The minimum atomic E-state index is 0.190. The predicted octanol–water partition coefficient (Wildman–Crippen LogP) is 3.22. The molecule has 0 aromatic carbocycles. The van der Waals surface area contributed by atoms with Gasteiger partial charge in [0.15, 0.2) is 0 Å². The molecule has 0 saturated carbocycles. The summed E-state index contributed by atoms with van der Waals surface area (Å²) >= 11 is 0. The molecule has 0 fully saturated rings. The van der Waals surface area contributed by atoms with E-state index in [2.05, 4.69) is 27.0 Å². The van der Waals surface area contributed by atoms with E-state index < -0.39 is 0 Å². The first-order chi connectivity index (χ1) is 5.11. The summed E-state index contributed by atoms with van der Waals surface area (Å²) in [5, 5.41) is 9.05. The van der Waals surface area contributed by atoms with Crippen LogP contribution in [0.1, 0.15) is 20.3 Å². The second kappa shape index (κ2) is 4.78. The lowest BCUT2D eigenvalue weighted by Gasteiger charge is -2.07. The highest BCUT2D eigenvalue weighted by Gasteiger charge is 2.00. The third kappa shape index (κ3) is 3.66. The number of hydrogen-bond acceptors (Lipinski definition) is 1. The average molecular weight is 152 g/mol. The van der Waals surface area contributed by atoms with Gasteiger partial charge in [-0.2, -0.15) is 0 Å². The molecule has 0 bridgehead atoms. The average Bonchev–Trinajstić information content (AvgIpc) is 2.02. The molecule has 0 aliphatic carbocycles. The highest BCUT2D eigenvalue weighted by molar-refractivity contribution is 5.23. The van der Waals surface area contributed by atoms with Crippen molar-refractivity contribution in [2.24, 2.45) is 5.92 Å². The van der Waals surface area contributed by atoms with Gasteiger partial charge in [0.05, 0.1) is 0 Å². The van der Waals surface area contributed by atoms with Crippen molar-refractivity contribution >= 4 is 0 Å². The molecule has 0 spiro atoms. The maximum Gasteiger partial charge on any atom is 0.115 e. The molecule has 0 aliphatic rings. The Bertz CT molecular complexity index is 177. The molecule has 1 unspecified atom stereocenters. The van der Waals surface area contributed by atoms with Crippen LogP contribution in [-0.2, 0) is 0 Å². The number of rotatable bonds is 4. The van der Waals surface area contributed by atoms with Crippen molar-refractivity contribution in [2.75, 3.05) is 0 Å². The molecular formula is C10H16O. The summed E-state index contributed by atoms with van der Waals surface area (Å²) in [5.41, 5.74) is 0.949. The van der Waals surface area contributed by atoms with Crippen LogP contribution in [0.3, 0.4) is 0 Å². The molecular weight excluding hydrogens is 136 g/mol. The summed E-state index contributed by atoms with van der Waals surface area (Å²) in [5.74, 6) is 0.618. The lowest BCUT2D eigenvalue weighted by atomic mass is 9.99. The maximum atomic E-state index is 9.05. The van der Waals surface area contributed by atoms with Gasteiger partial charge < -0.3 is 5.11 Å². The highest BCUT2D eigenvalue weighted by Crippen LogP contribution is 2.14. The Morgan fingerprint density at radius 2 is 2.18 bits per heavy atom. The topological polar surface area (TPSA) is 20.2 Å². The van der Waals surface area contributed by atoms with Crippen LogP contribution in [0.4, 0.5) is 0 Å². The van der Waals surface area contributed by atoms with Gasteiger partial charge in [0.2, 0.25) is 0 Å². The van der Waals surface area contributed by atoms with Crippen molar-refractivity contribution in [1.82, 2.24) is 0 Å². The van der Waals surface area contributed by atoms with Crippen molar-refractivity contribution in [2.45, 2.75) is 20.3 Å². The molecule has 0 saturated heterocycles. The molecule has 1 atom stereocenters. The molecule has 62 valence electrons. The van der Waals surface area contributed by atoms with E-state index in [1.54, 1.807) is 6.08 Å². The minimum Gasteiger partial charge on any atom is -0.508 e. The molecule has 0 amide bonds. The fraction of sp³-hybridized carbons (Fsp3) is 0.400. The summed E-state index contributed by atoms with van der Waals surface area (Å²) < 4.78 is 0. The zero-order chi connectivity index (χ0) is 8.85. The molecule has 1 heteroatoms. The zero-order valence-corrected chi connectivity index (χ0v) is 7.30. The van der Waals surface area contributed by atoms with Gasteiger partial charge in [0, 0.05) is 0 Å². The fourth-order valence-electron chi connectivity index (χ4n) is 0.653. The van der Waals surface area contributed by atoms with Crippen molar-refractivity contribution in [3.8, 4) is 0 Å². The van der Waals surface area contributed by atoms with E-state index in [1.165, 1.54) is 6.08 Å². The highest BCUT2D eigenvalue weighted by atomic mass is 16.3. The SMILES string of the molecule is C=C/C(O)=C\C(=C)C(C)CC. The lowest BCUT2D eigenvalue weighted by Crippen LogP contribution is -1.93. The Balaban J connectivity index is 4.16. The molecule has 0 aromatic heterocycles. The zero-order valence-electron chi connectivity index (χ0n) is 7.30. The Labute approximate surface area is 68.7 Å². The van der Waals surface area contributed by atoms with E-state index in [0.29, 0.717) is 5.92 Å². The largest absolute Gasteiger partial charge is 0.508 e. The van der Waals surface area contributed by atoms with Gasteiger partial charge in [-0.3, -0.25) is 0 Å². The van der Waals surface area contributed by atoms with Gasteiger partial charge in [0.25, 0.3) is 0 Å². The van der Waals surface area contributed by atoms with Crippen LogP contribution in [0, 0.1) is 5.92 Å². The third-order valence-electron chi connectivity index (χ3n) is 1.79. The first kappa shape index (κ1) is 10.0. The van der Waals surface area contributed by atoms with Crippen LogP contribution in [0.25, 0.3) is 0 Å². The molecule has 0 aliphatic heterocycles. The van der Waals surface area contributed by atoms with Gasteiger partial charge in [-0.25, -0.2) is 0 Å². The summed E-state index contributed by atoms with van der Waals surface area (Å²) in [6, 6.07) is 0. The number of aliphatic hydroxyl groups is 1. The Hall–Kier alpha value is -0.980. The van der Waals surface area contributed by atoms with E-state index >= 15 is 0 Å². The molecule has 0 rings (SSSR count). The summed E-state index contributed by atoms with van der Waals surface area (Å²) in [4.78, 5) is 0. The molecule has 1 N–H and O–H groups in total. The van der Waals surface area contributed by atoms with E-state index in [4.69, 9.17) is 5.11 Å². The van der Waals surface area contributed by atoms with Crippen LogP contribution < -0.4 is 0 Å². The third-order valence-corrected chi connectivity index (χ3v) is 1.79. The Kier molecular flexibility index (Phi) is 4.35. The van der Waals surface area contributed by atoms with Crippen molar-refractivity contribution < 1.29 is 5.11 Å². The van der Waals surface area contributed by atoms with Crippen LogP contribution in [0.2, 0.25) is 0 Å². The number of aliphatic hydroxyl groups excluding tert-OH is 1. The second-order valence-corrected chi connectivity index (χ2v) is 2.66. The first-order valence-electron chi connectivity index (χ1n) is 3.83. The van der Waals surface area contributed by atoms with Gasteiger partial charge >= 0.3 is 0 Å². The maximum absolute atomic E-state index is 9.05. The quantitative estimate of drug-likeness (QED) is 0.484. The van der Waals surface area contributed by atoms with Crippen LogP contribution >= 0.6 is 0 Å². The molecule has 1 nitrogen and oxygen atoms in total. The molecule has 0 heterocycles. The van der Waals surface area contributed by atoms with Gasteiger partial charge in [-0.05, 0) is 30.1 Å².